The molecule has 5 nitrogen and oxygen atoms in total. The first-order valence-electron chi connectivity index (χ1n) is 7.89. The van der Waals surface area contributed by atoms with Crippen molar-refractivity contribution in [1.82, 2.24) is 4.90 Å². The molecule has 2 aliphatic heterocycles. The zero-order valence-corrected chi connectivity index (χ0v) is 13.7. The van der Waals surface area contributed by atoms with Gasteiger partial charge in [0.15, 0.2) is 0 Å². The van der Waals surface area contributed by atoms with Crippen LogP contribution < -0.4 is 4.74 Å². The van der Waals surface area contributed by atoms with Gasteiger partial charge in [0.1, 0.15) is 11.6 Å². The summed E-state index contributed by atoms with van der Waals surface area (Å²) in [5.41, 5.74) is 1.12. The van der Waals surface area contributed by atoms with Crippen LogP contribution in [0.1, 0.15) is 37.7 Å². The summed E-state index contributed by atoms with van der Waals surface area (Å²) in [5.74, 6) is 1.78. The fraction of sp³-hybridized carbons (Fsp3) is 0.562. The summed E-state index contributed by atoms with van der Waals surface area (Å²) in [4.78, 5) is 2.12. The number of piperidine rings is 1. The molecule has 0 amide bonds. The molecule has 3 rings (SSSR count). The van der Waals surface area contributed by atoms with Crippen LogP contribution in [0, 0.1) is 0 Å². The highest BCUT2D eigenvalue weighted by Crippen LogP contribution is 2.32. The van der Waals surface area contributed by atoms with Gasteiger partial charge in [-0.3, -0.25) is 0 Å². The maximum atomic E-state index is 11.8. The molecule has 1 aromatic carbocycles. The van der Waals surface area contributed by atoms with Gasteiger partial charge in [0, 0.05) is 19.0 Å². The van der Waals surface area contributed by atoms with Crippen molar-refractivity contribution in [3.63, 3.8) is 0 Å². The van der Waals surface area contributed by atoms with Crippen LogP contribution in [0.15, 0.2) is 28.7 Å². The largest absolute Gasteiger partial charge is 0.494 e. The normalized spacial score (nSPS) is 23.6. The third-order valence-corrected chi connectivity index (χ3v) is 5.33. The number of benzene rings is 1. The lowest BCUT2D eigenvalue weighted by atomic mass is 9.89. The van der Waals surface area contributed by atoms with Crippen molar-refractivity contribution in [2.24, 2.45) is 4.40 Å². The lowest BCUT2D eigenvalue weighted by molar-refractivity contribution is 0.317. The second kappa shape index (κ2) is 6.28. The van der Waals surface area contributed by atoms with E-state index < -0.39 is 10.0 Å². The molecule has 0 bridgehead atoms. The van der Waals surface area contributed by atoms with Gasteiger partial charge >= 0.3 is 0 Å². The average Bonchev–Trinajstić information content (AvgIpc) is 2.52. The van der Waals surface area contributed by atoms with Gasteiger partial charge in [-0.25, -0.2) is 8.42 Å². The number of amidine groups is 1. The van der Waals surface area contributed by atoms with Crippen molar-refractivity contribution in [3.05, 3.63) is 29.8 Å². The Morgan fingerprint density at radius 2 is 2.05 bits per heavy atom. The summed E-state index contributed by atoms with van der Waals surface area (Å²) in [6.45, 7) is 4.26. The van der Waals surface area contributed by atoms with Gasteiger partial charge in [-0.05, 0) is 37.0 Å². The van der Waals surface area contributed by atoms with Crippen LogP contribution in [0.4, 0.5) is 0 Å². The third kappa shape index (κ3) is 3.27. The monoisotopic (exact) mass is 322 g/mol. The van der Waals surface area contributed by atoms with Crippen molar-refractivity contribution >= 4 is 15.9 Å². The molecule has 2 heterocycles. The van der Waals surface area contributed by atoms with Crippen molar-refractivity contribution < 1.29 is 13.2 Å². The number of nitrogens with zero attached hydrogens (tertiary/aromatic N) is 2. The van der Waals surface area contributed by atoms with Crippen LogP contribution in [-0.4, -0.2) is 44.6 Å². The molecule has 0 radical (unpaired) electrons. The summed E-state index contributed by atoms with van der Waals surface area (Å²) >= 11 is 0. The lowest BCUT2D eigenvalue weighted by Crippen LogP contribution is -2.46. The summed E-state index contributed by atoms with van der Waals surface area (Å²) in [7, 11) is -3.29. The first kappa shape index (κ1) is 15.3. The Kier molecular flexibility index (Phi) is 4.38. The molecular weight excluding hydrogens is 300 g/mol. The fourth-order valence-corrected chi connectivity index (χ4v) is 4.11. The zero-order chi connectivity index (χ0) is 15.6. The van der Waals surface area contributed by atoms with E-state index in [2.05, 4.69) is 16.2 Å². The highest BCUT2D eigenvalue weighted by atomic mass is 32.2. The Morgan fingerprint density at radius 1 is 1.27 bits per heavy atom. The number of hydrogen-bond acceptors (Lipinski definition) is 4. The minimum atomic E-state index is -3.29. The van der Waals surface area contributed by atoms with E-state index in [9.17, 15) is 8.42 Å². The molecule has 0 saturated carbocycles. The van der Waals surface area contributed by atoms with E-state index in [0.29, 0.717) is 13.2 Å². The van der Waals surface area contributed by atoms with Gasteiger partial charge in [-0.15, -0.1) is 4.40 Å². The minimum Gasteiger partial charge on any atom is -0.494 e. The molecule has 0 aliphatic carbocycles. The molecule has 0 aromatic heterocycles. The van der Waals surface area contributed by atoms with E-state index >= 15 is 0 Å². The van der Waals surface area contributed by atoms with Gasteiger partial charge in [0.25, 0.3) is 10.0 Å². The molecule has 1 unspecified atom stereocenters. The number of fused-ring (bicyclic) bond motifs is 1. The molecule has 1 atom stereocenters. The Morgan fingerprint density at radius 3 is 2.77 bits per heavy atom. The van der Waals surface area contributed by atoms with Crippen LogP contribution in [0.2, 0.25) is 0 Å². The molecule has 22 heavy (non-hydrogen) atoms. The molecule has 6 heteroatoms. The molecule has 1 fully saturated rings. The van der Waals surface area contributed by atoms with Crippen LogP contribution >= 0.6 is 0 Å². The zero-order valence-electron chi connectivity index (χ0n) is 12.9. The van der Waals surface area contributed by atoms with Crippen molar-refractivity contribution in [1.29, 1.82) is 0 Å². The highest BCUT2D eigenvalue weighted by molar-refractivity contribution is 7.90. The molecule has 0 spiro atoms. The standard InChI is InChI=1S/C16H22N2O3S/c1-2-11-21-14-7-5-13(6-8-14)15-4-3-9-18-10-12-22(19,20)17-16(15)18/h5-8,15H,2-4,9-12H2,1H3. The Balaban J connectivity index is 1.85. The Hall–Kier alpha value is -1.56. The van der Waals surface area contributed by atoms with Crippen LogP contribution in [-0.2, 0) is 10.0 Å². The molecular formula is C16H22N2O3S. The van der Waals surface area contributed by atoms with Crippen LogP contribution in [0.25, 0.3) is 0 Å². The Labute approximate surface area is 132 Å². The second-order valence-corrected chi connectivity index (χ2v) is 7.59. The van der Waals surface area contributed by atoms with E-state index in [1.165, 1.54) is 0 Å². The maximum Gasteiger partial charge on any atom is 0.256 e. The maximum absolute atomic E-state index is 11.8. The van der Waals surface area contributed by atoms with E-state index in [0.717, 1.165) is 43.0 Å². The Bertz CT molecular complexity index is 652. The van der Waals surface area contributed by atoms with Crippen molar-refractivity contribution in [2.45, 2.75) is 32.1 Å². The van der Waals surface area contributed by atoms with E-state index in [4.69, 9.17) is 4.74 Å². The smallest absolute Gasteiger partial charge is 0.256 e. The number of ether oxygens (including phenoxy) is 1. The third-order valence-electron chi connectivity index (χ3n) is 4.16. The van der Waals surface area contributed by atoms with Gasteiger partial charge in [0.05, 0.1) is 12.4 Å². The molecule has 1 aromatic rings. The number of rotatable bonds is 4. The first-order valence-corrected chi connectivity index (χ1v) is 9.50. The highest BCUT2D eigenvalue weighted by Gasteiger charge is 2.33. The van der Waals surface area contributed by atoms with Gasteiger partial charge in [0.2, 0.25) is 0 Å². The van der Waals surface area contributed by atoms with E-state index in [1.807, 2.05) is 24.3 Å². The van der Waals surface area contributed by atoms with Gasteiger partial charge in [-0.2, -0.15) is 0 Å². The van der Waals surface area contributed by atoms with Crippen molar-refractivity contribution in [2.75, 3.05) is 25.4 Å². The average molecular weight is 322 g/mol. The van der Waals surface area contributed by atoms with Gasteiger partial charge in [-0.1, -0.05) is 19.1 Å². The SMILES string of the molecule is CCCOc1ccc(C2CCCN3CCS(=O)(=O)N=C23)cc1. The minimum absolute atomic E-state index is 0.0732. The number of sulfonamides is 1. The summed E-state index contributed by atoms with van der Waals surface area (Å²) in [5, 5.41) is 0. The second-order valence-electron chi connectivity index (χ2n) is 5.83. The summed E-state index contributed by atoms with van der Waals surface area (Å²) in [6.07, 6.45) is 2.99. The molecule has 0 N–H and O–H groups in total. The van der Waals surface area contributed by atoms with Gasteiger partial charge < -0.3 is 9.64 Å². The summed E-state index contributed by atoms with van der Waals surface area (Å²) < 4.78 is 33.3. The quantitative estimate of drug-likeness (QED) is 0.854. The van der Waals surface area contributed by atoms with E-state index in [-0.39, 0.29) is 11.7 Å². The lowest BCUT2D eigenvalue weighted by Gasteiger charge is -2.37. The van der Waals surface area contributed by atoms with Crippen LogP contribution in [0.3, 0.4) is 0 Å². The molecule has 120 valence electrons. The fourth-order valence-electron chi connectivity index (χ4n) is 3.04. The number of hydrogen-bond donors (Lipinski definition) is 0. The van der Waals surface area contributed by atoms with Crippen molar-refractivity contribution in [3.8, 4) is 5.75 Å². The van der Waals surface area contributed by atoms with E-state index in [1.54, 1.807) is 0 Å². The molecule has 1 saturated heterocycles. The predicted octanol–water partition coefficient (Wildman–Crippen LogP) is 2.40. The summed E-state index contributed by atoms with van der Waals surface area (Å²) in [6, 6.07) is 7.98. The topological polar surface area (TPSA) is 59.0 Å². The van der Waals surface area contributed by atoms with Crippen LogP contribution in [0.5, 0.6) is 5.75 Å². The molecule has 2 aliphatic rings. The first-order chi connectivity index (χ1) is 10.6. The predicted molar refractivity (Wildman–Crippen MR) is 87.0 cm³/mol.